The van der Waals surface area contributed by atoms with Gasteiger partial charge in [-0.3, -0.25) is 4.98 Å². The van der Waals surface area contributed by atoms with Gasteiger partial charge in [-0.1, -0.05) is 11.8 Å². The Hall–Kier alpha value is -0.960. The zero-order valence-corrected chi connectivity index (χ0v) is 6.64. The summed E-state index contributed by atoms with van der Waals surface area (Å²) >= 11 is 1.83. The maximum absolute atomic E-state index is 4.09. The van der Waals surface area contributed by atoms with Crippen LogP contribution in [0.15, 0.2) is 34.5 Å². The summed E-state index contributed by atoms with van der Waals surface area (Å²) in [5.74, 6) is 0. The highest BCUT2D eigenvalue weighted by Crippen LogP contribution is 2.48. The average Bonchev–Trinajstić information content (AvgIpc) is 2.23. The molecule has 3 rings (SSSR count). The zero-order chi connectivity index (χ0) is 7.26. The van der Waals surface area contributed by atoms with Gasteiger partial charge in [-0.15, -0.1) is 0 Å². The molecule has 0 fully saturated rings. The first-order chi connectivity index (χ1) is 5.45. The van der Waals surface area contributed by atoms with Gasteiger partial charge in [-0.2, -0.15) is 0 Å². The molecule has 0 bridgehead atoms. The quantitative estimate of drug-likeness (QED) is 0.579. The normalized spacial score (nSPS) is 18.5. The van der Waals surface area contributed by atoms with Crippen LogP contribution < -0.4 is 4.90 Å². The highest BCUT2D eigenvalue weighted by Gasteiger charge is 2.29. The van der Waals surface area contributed by atoms with Gasteiger partial charge in [0.1, 0.15) is 0 Å². The molecule has 0 aliphatic carbocycles. The molecule has 0 aromatic carbocycles. The van der Waals surface area contributed by atoms with Gasteiger partial charge in [0.15, 0.2) is 0 Å². The van der Waals surface area contributed by atoms with Gasteiger partial charge in [0.2, 0.25) is 0 Å². The standard InChI is InChI=1S/C8H6N2S/c1-3-9-5-6-7(1)11-8-2-4-10(6)8/h1-3,5H,4H2. The first-order valence-corrected chi connectivity index (χ1v) is 4.36. The minimum absolute atomic E-state index is 1.06. The van der Waals surface area contributed by atoms with Gasteiger partial charge >= 0.3 is 0 Å². The number of anilines is 1. The topological polar surface area (TPSA) is 16.1 Å². The average molecular weight is 162 g/mol. The van der Waals surface area contributed by atoms with Crippen molar-refractivity contribution in [2.24, 2.45) is 0 Å². The molecule has 2 aliphatic rings. The summed E-state index contributed by atoms with van der Waals surface area (Å²) in [5.41, 5.74) is 1.27. The van der Waals surface area contributed by atoms with Crippen molar-refractivity contribution in [2.75, 3.05) is 11.4 Å². The summed E-state index contributed by atoms with van der Waals surface area (Å²) in [6.07, 6.45) is 6.02. The van der Waals surface area contributed by atoms with Crippen molar-refractivity contribution in [3.8, 4) is 0 Å². The molecule has 0 spiro atoms. The van der Waals surface area contributed by atoms with E-state index in [1.165, 1.54) is 15.6 Å². The SMILES string of the molecule is C1=C2Sc3ccncc3N2C1. The summed E-state index contributed by atoms with van der Waals surface area (Å²) in [4.78, 5) is 7.71. The minimum Gasteiger partial charge on any atom is -0.330 e. The molecule has 1 aromatic rings. The van der Waals surface area contributed by atoms with Crippen LogP contribution in [0, 0.1) is 0 Å². The maximum atomic E-state index is 4.09. The molecular weight excluding hydrogens is 156 g/mol. The fourth-order valence-electron chi connectivity index (χ4n) is 1.35. The summed E-state index contributed by atoms with van der Waals surface area (Å²) in [7, 11) is 0. The number of fused-ring (bicyclic) bond motifs is 3. The number of rotatable bonds is 0. The Labute approximate surface area is 68.9 Å². The Bertz CT molecular complexity index is 346. The fraction of sp³-hybridized carbons (Fsp3) is 0.125. The predicted octanol–water partition coefficient (Wildman–Crippen LogP) is 1.85. The molecule has 2 aliphatic heterocycles. The van der Waals surface area contributed by atoms with Crippen molar-refractivity contribution < 1.29 is 0 Å². The van der Waals surface area contributed by atoms with Crippen LogP contribution in [0.3, 0.4) is 0 Å². The molecule has 2 nitrogen and oxygen atoms in total. The van der Waals surface area contributed by atoms with E-state index in [4.69, 9.17) is 0 Å². The smallest absolute Gasteiger partial charge is 0.0782 e. The molecule has 3 heteroatoms. The number of pyridine rings is 1. The molecule has 11 heavy (non-hydrogen) atoms. The summed E-state index contributed by atoms with van der Waals surface area (Å²) in [6, 6.07) is 2.07. The molecule has 0 unspecified atom stereocenters. The lowest BCUT2D eigenvalue weighted by atomic mass is 10.3. The fourth-order valence-corrected chi connectivity index (χ4v) is 2.41. The monoisotopic (exact) mass is 162 g/mol. The molecule has 0 radical (unpaired) electrons. The van der Waals surface area contributed by atoms with Gasteiger partial charge in [0.05, 0.1) is 16.9 Å². The van der Waals surface area contributed by atoms with Gasteiger partial charge in [-0.05, 0) is 12.1 Å². The lowest BCUT2D eigenvalue weighted by Crippen LogP contribution is -2.25. The van der Waals surface area contributed by atoms with E-state index in [1.807, 2.05) is 24.2 Å². The number of thioether (sulfide) groups is 1. The molecular formula is C8H6N2S. The van der Waals surface area contributed by atoms with Crippen LogP contribution in [0.2, 0.25) is 0 Å². The third kappa shape index (κ3) is 0.613. The van der Waals surface area contributed by atoms with Crippen molar-refractivity contribution in [1.82, 2.24) is 4.98 Å². The number of hydrogen-bond donors (Lipinski definition) is 0. The van der Waals surface area contributed by atoms with Crippen LogP contribution in [0.4, 0.5) is 5.69 Å². The molecule has 0 N–H and O–H groups in total. The van der Waals surface area contributed by atoms with Crippen LogP contribution in [0.5, 0.6) is 0 Å². The van der Waals surface area contributed by atoms with Crippen molar-refractivity contribution in [2.45, 2.75) is 4.90 Å². The van der Waals surface area contributed by atoms with E-state index in [9.17, 15) is 0 Å². The second-order valence-electron chi connectivity index (χ2n) is 2.60. The molecule has 0 atom stereocenters. The second-order valence-corrected chi connectivity index (χ2v) is 3.66. The Balaban J connectivity index is 2.23. The van der Waals surface area contributed by atoms with E-state index >= 15 is 0 Å². The molecule has 3 heterocycles. The van der Waals surface area contributed by atoms with E-state index in [0.717, 1.165) is 6.54 Å². The van der Waals surface area contributed by atoms with Crippen molar-refractivity contribution in [1.29, 1.82) is 0 Å². The Morgan fingerprint density at radius 3 is 3.36 bits per heavy atom. The molecule has 0 saturated heterocycles. The third-order valence-corrected chi connectivity index (χ3v) is 3.14. The zero-order valence-electron chi connectivity index (χ0n) is 5.82. The van der Waals surface area contributed by atoms with E-state index in [0.29, 0.717) is 0 Å². The Morgan fingerprint density at radius 2 is 2.55 bits per heavy atom. The van der Waals surface area contributed by atoms with Crippen LogP contribution >= 0.6 is 11.8 Å². The number of aromatic nitrogens is 1. The lowest BCUT2D eigenvalue weighted by Gasteiger charge is -2.25. The predicted molar refractivity (Wildman–Crippen MR) is 45.5 cm³/mol. The van der Waals surface area contributed by atoms with E-state index < -0.39 is 0 Å². The van der Waals surface area contributed by atoms with E-state index in [-0.39, 0.29) is 0 Å². The summed E-state index contributed by atoms with van der Waals surface area (Å²) < 4.78 is 0. The van der Waals surface area contributed by atoms with Crippen LogP contribution in [-0.4, -0.2) is 11.5 Å². The van der Waals surface area contributed by atoms with Gasteiger partial charge < -0.3 is 4.90 Å². The molecule has 0 amide bonds. The number of nitrogens with zero attached hydrogens (tertiary/aromatic N) is 2. The van der Waals surface area contributed by atoms with E-state index in [1.54, 1.807) is 0 Å². The molecule has 0 saturated carbocycles. The highest BCUT2D eigenvalue weighted by molar-refractivity contribution is 8.03. The number of hydrogen-bond acceptors (Lipinski definition) is 3. The Morgan fingerprint density at radius 1 is 1.55 bits per heavy atom. The van der Waals surface area contributed by atoms with Crippen molar-refractivity contribution in [3.05, 3.63) is 29.6 Å². The third-order valence-electron chi connectivity index (χ3n) is 1.98. The first kappa shape index (κ1) is 5.66. The van der Waals surface area contributed by atoms with Crippen molar-refractivity contribution >= 4 is 17.4 Å². The molecule has 1 aromatic heterocycles. The van der Waals surface area contributed by atoms with Gasteiger partial charge in [-0.25, -0.2) is 0 Å². The van der Waals surface area contributed by atoms with Crippen LogP contribution in [0.25, 0.3) is 0 Å². The Kier molecular flexibility index (Phi) is 0.924. The van der Waals surface area contributed by atoms with Crippen LogP contribution in [-0.2, 0) is 0 Å². The van der Waals surface area contributed by atoms with E-state index in [2.05, 4.69) is 22.0 Å². The molecule has 54 valence electrons. The minimum atomic E-state index is 1.06. The lowest BCUT2D eigenvalue weighted by molar-refractivity contribution is 0.981. The van der Waals surface area contributed by atoms with Crippen molar-refractivity contribution in [3.63, 3.8) is 0 Å². The summed E-state index contributed by atoms with van der Waals surface area (Å²) in [5, 5.41) is 1.37. The van der Waals surface area contributed by atoms with Crippen LogP contribution in [0.1, 0.15) is 0 Å². The largest absolute Gasteiger partial charge is 0.330 e. The van der Waals surface area contributed by atoms with Gasteiger partial charge in [0.25, 0.3) is 0 Å². The second kappa shape index (κ2) is 1.80. The maximum Gasteiger partial charge on any atom is 0.0782 e. The summed E-state index contributed by atoms with van der Waals surface area (Å²) in [6.45, 7) is 1.06. The van der Waals surface area contributed by atoms with Gasteiger partial charge in [0, 0.05) is 17.6 Å². The first-order valence-electron chi connectivity index (χ1n) is 3.55. The highest BCUT2D eigenvalue weighted by atomic mass is 32.2.